The van der Waals surface area contributed by atoms with Gasteiger partial charge in [0.1, 0.15) is 24.2 Å². The van der Waals surface area contributed by atoms with E-state index in [1.807, 2.05) is 13.8 Å². The maximum absolute atomic E-state index is 12.7. The van der Waals surface area contributed by atoms with Crippen LogP contribution >= 0.6 is 0 Å². The number of carboxylic acid groups (broad SMARTS) is 1. The molecule has 0 saturated carbocycles. The first-order valence-corrected chi connectivity index (χ1v) is 10.4. The zero-order chi connectivity index (χ0) is 25.0. The van der Waals surface area contributed by atoms with Crippen molar-refractivity contribution < 1.29 is 29.4 Å². The van der Waals surface area contributed by atoms with Crippen molar-refractivity contribution in [2.24, 2.45) is 28.1 Å². The Morgan fingerprint density at radius 1 is 0.906 bits per heavy atom. The smallest absolute Gasteiger partial charge is 0.326 e. The average molecular weight is 460 g/mol. The number of aliphatic carboxylic acids is 1. The number of nitrogens with two attached hydrogens (primary N) is 3. The van der Waals surface area contributed by atoms with Gasteiger partial charge in [-0.3, -0.25) is 19.4 Å². The molecule has 0 spiro atoms. The quantitative estimate of drug-likeness (QED) is 0.0768. The minimum atomic E-state index is -1.23. The number of aliphatic imine (C=N–C) groups is 1. The van der Waals surface area contributed by atoms with Gasteiger partial charge in [-0.15, -0.1) is 0 Å². The Balaban J connectivity index is 5.11. The van der Waals surface area contributed by atoms with Gasteiger partial charge < -0.3 is 43.4 Å². The van der Waals surface area contributed by atoms with E-state index < -0.39 is 54.0 Å². The Labute approximate surface area is 187 Å². The second-order valence-corrected chi connectivity index (χ2v) is 8.04. The van der Waals surface area contributed by atoms with Gasteiger partial charge in [0.05, 0.1) is 6.10 Å². The molecule has 32 heavy (non-hydrogen) atoms. The van der Waals surface area contributed by atoms with Crippen molar-refractivity contribution in [2.45, 2.75) is 77.2 Å². The zero-order valence-corrected chi connectivity index (χ0v) is 19.0. The van der Waals surface area contributed by atoms with Gasteiger partial charge in [0.2, 0.25) is 17.7 Å². The van der Waals surface area contributed by atoms with Crippen molar-refractivity contribution in [1.29, 1.82) is 0 Å². The lowest BCUT2D eigenvalue weighted by Gasteiger charge is -2.25. The molecular weight excluding hydrogens is 422 g/mol. The van der Waals surface area contributed by atoms with Crippen molar-refractivity contribution in [3.05, 3.63) is 0 Å². The summed E-state index contributed by atoms with van der Waals surface area (Å²) in [4.78, 5) is 52.4. The van der Waals surface area contributed by atoms with Crippen molar-refractivity contribution >= 4 is 29.7 Å². The van der Waals surface area contributed by atoms with Crippen LogP contribution in [0.1, 0.15) is 47.0 Å². The molecule has 0 heterocycles. The predicted octanol–water partition coefficient (Wildman–Crippen LogP) is -2.65. The summed E-state index contributed by atoms with van der Waals surface area (Å²) in [6.45, 7) is 6.62. The molecule has 0 rings (SSSR count). The minimum Gasteiger partial charge on any atom is -0.480 e. The Morgan fingerprint density at radius 2 is 1.47 bits per heavy atom. The topological polar surface area (TPSA) is 235 Å². The maximum atomic E-state index is 12.7. The molecule has 11 N–H and O–H groups in total. The third kappa shape index (κ3) is 11.5. The highest BCUT2D eigenvalue weighted by atomic mass is 16.4. The van der Waals surface area contributed by atoms with E-state index in [1.165, 1.54) is 13.8 Å². The van der Waals surface area contributed by atoms with Gasteiger partial charge in [-0.25, -0.2) is 4.79 Å². The van der Waals surface area contributed by atoms with Crippen LogP contribution in [0.25, 0.3) is 0 Å². The van der Waals surface area contributed by atoms with Crippen LogP contribution in [-0.4, -0.2) is 76.7 Å². The Morgan fingerprint density at radius 3 is 1.94 bits per heavy atom. The van der Waals surface area contributed by atoms with Crippen LogP contribution in [0.2, 0.25) is 0 Å². The first kappa shape index (κ1) is 29.1. The number of aliphatic hydroxyl groups is 1. The monoisotopic (exact) mass is 459 g/mol. The number of hydrogen-bond donors (Lipinski definition) is 8. The first-order valence-electron chi connectivity index (χ1n) is 10.4. The minimum absolute atomic E-state index is 0.00440. The fourth-order valence-corrected chi connectivity index (χ4v) is 2.63. The number of rotatable bonds is 14. The number of nitrogens with zero attached hydrogens (tertiary/aromatic N) is 1. The van der Waals surface area contributed by atoms with E-state index >= 15 is 0 Å². The summed E-state index contributed by atoms with van der Waals surface area (Å²) in [6.07, 6.45) is -0.455. The summed E-state index contributed by atoms with van der Waals surface area (Å²) in [6, 6.07) is -4.46. The van der Waals surface area contributed by atoms with Crippen LogP contribution in [0.5, 0.6) is 0 Å². The second kappa shape index (κ2) is 14.2. The number of carboxylic acids is 1. The molecule has 0 aliphatic heterocycles. The summed E-state index contributed by atoms with van der Waals surface area (Å²) in [7, 11) is 0. The first-order chi connectivity index (χ1) is 14.8. The summed E-state index contributed by atoms with van der Waals surface area (Å²) in [5.74, 6) is -3.39. The summed E-state index contributed by atoms with van der Waals surface area (Å²) in [5, 5.41) is 26.1. The third-order valence-corrected chi connectivity index (χ3v) is 4.47. The van der Waals surface area contributed by atoms with E-state index in [-0.39, 0.29) is 31.3 Å². The second-order valence-electron chi connectivity index (χ2n) is 8.04. The summed E-state index contributed by atoms with van der Waals surface area (Å²) < 4.78 is 0. The van der Waals surface area contributed by atoms with Crippen molar-refractivity contribution in [3.8, 4) is 0 Å². The molecule has 3 amide bonds. The van der Waals surface area contributed by atoms with Crippen molar-refractivity contribution in [2.75, 3.05) is 6.54 Å². The summed E-state index contributed by atoms with van der Waals surface area (Å²) in [5.41, 5.74) is 16.0. The molecule has 13 heteroatoms. The fraction of sp³-hybridized carbons (Fsp3) is 0.737. The molecule has 0 radical (unpaired) electrons. The number of nitrogens with one attached hydrogen (secondary N) is 3. The lowest BCUT2D eigenvalue weighted by Crippen LogP contribution is -2.57. The summed E-state index contributed by atoms with van der Waals surface area (Å²) >= 11 is 0. The molecule has 0 aromatic carbocycles. The largest absolute Gasteiger partial charge is 0.480 e. The van der Waals surface area contributed by atoms with Crippen molar-refractivity contribution in [3.63, 3.8) is 0 Å². The standard InChI is InChI=1S/C19H37N7O6/c1-9(2)8-13(26-15(28)10(3)24-17(30)14(20)11(4)27)16(29)25-12(18(31)32)6-5-7-23-19(21)22/h9-14,27H,5-8,20H2,1-4H3,(H,24,30)(H,25,29)(H,26,28)(H,31,32)(H4,21,22,23). The number of amides is 3. The molecule has 0 aromatic rings. The van der Waals surface area contributed by atoms with Gasteiger partial charge in [0, 0.05) is 6.54 Å². The molecule has 0 aromatic heterocycles. The highest BCUT2D eigenvalue weighted by molar-refractivity contribution is 5.94. The van der Waals surface area contributed by atoms with Crippen LogP contribution in [0.3, 0.4) is 0 Å². The van der Waals surface area contributed by atoms with Crippen LogP contribution in [-0.2, 0) is 19.2 Å². The molecule has 5 unspecified atom stereocenters. The van der Waals surface area contributed by atoms with E-state index in [0.717, 1.165) is 0 Å². The predicted molar refractivity (Wildman–Crippen MR) is 118 cm³/mol. The molecular formula is C19H37N7O6. The van der Waals surface area contributed by atoms with Gasteiger partial charge >= 0.3 is 5.97 Å². The molecule has 0 aliphatic carbocycles. The molecule has 0 aliphatic rings. The van der Waals surface area contributed by atoms with Gasteiger partial charge in [-0.2, -0.15) is 0 Å². The highest BCUT2D eigenvalue weighted by Gasteiger charge is 2.29. The number of carbonyl (C=O) groups excluding carboxylic acids is 3. The molecule has 0 saturated heterocycles. The number of guanidine groups is 1. The van der Waals surface area contributed by atoms with Crippen molar-refractivity contribution in [1.82, 2.24) is 16.0 Å². The zero-order valence-electron chi connectivity index (χ0n) is 19.0. The van der Waals surface area contributed by atoms with Gasteiger partial charge in [0.15, 0.2) is 5.96 Å². The molecule has 0 fully saturated rings. The molecule has 0 bridgehead atoms. The normalized spacial score (nSPS) is 15.6. The van der Waals surface area contributed by atoms with Crippen LogP contribution < -0.4 is 33.2 Å². The lowest BCUT2D eigenvalue weighted by molar-refractivity contribution is -0.142. The van der Waals surface area contributed by atoms with E-state index in [1.54, 1.807) is 0 Å². The Hall–Kier alpha value is -2.93. The number of carbonyl (C=O) groups is 4. The molecule has 13 nitrogen and oxygen atoms in total. The fourth-order valence-electron chi connectivity index (χ4n) is 2.63. The highest BCUT2D eigenvalue weighted by Crippen LogP contribution is 2.07. The van der Waals surface area contributed by atoms with E-state index in [0.29, 0.717) is 6.42 Å². The Kier molecular flexibility index (Phi) is 12.9. The van der Waals surface area contributed by atoms with Gasteiger partial charge in [0.25, 0.3) is 0 Å². The lowest BCUT2D eigenvalue weighted by atomic mass is 10.0. The van der Waals surface area contributed by atoms with Crippen LogP contribution in [0.15, 0.2) is 4.99 Å². The number of hydrogen-bond acceptors (Lipinski definition) is 7. The van der Waals surface area contributed by atoms with Gasteiger partial charge in [-0.05, 0) is 39.0 Å². The molecule has 184 valence electrons. The van der Waals surface area contributed by atoms with Gasteiger partial charge in [-0.1, -0.05) is 13.8 Å². The SMILES string of the molecule is CC(C)CC(NC(=O)C(C)NC(=O)C(N)C(C)O)C(=O)NC(CCCN=C(N)N)C(=O)O. The van der Waals surface area contributed by atoms with E-state index in [2.05, 4.69) is 20.9 Å². The van der Waals surface area contributed by atoms with Crippen LogP contribution in [0.4, 0.5) is 0 Å². The maximum Gasteiger partial charge on any atom is 0.326 e. The number of aliphatic hydroxyl groups excluding tert-OH is 1. The van der Waals surface area contributed by atoms with E-state index in [4.69, 9.17) is 17.2 Å². The average Bonchev–Trinajstić information content (AvgIpc) is 2.67. The van der Waals surface area contributed by atoms with E-state index in [9.17, 15) is 29.4 Å². The van der Waals surface area contributed by atoms with Crippen LogP contribution in [0, 0.1) is 5.92 Å². The third-order valence-electron chi connectivity index (χ3n) is 4.47. The molecule has 5 atom stereocenters. The Bertz CT molecular complexity index is 679.